The number of halogens is 10. The van der Waals surface area contributed by atoms with Crippen LogP contribution in [0.2, 0.25) is 0 Å². The Morgan fingerprint density at radius 1 is 0.917 bits per heavy atom. The Kier molecular flexibility index (Phi) is 7.54. The molecule has 0 bridgehead atoms. The van der Waals surface area contributed by atoms with Crippen molar-refractivity contribution in [3.05, 3.63) is 75.0 Å². The summed E-state index contributed by atoms with van der Waals surface area (Å²) in [7, 11) is 0. The fourth-order valence-corrected chi connectivity index (χ4v) is 3.07. The minimum absolute atomic E-state index is 0. The quantitative estimate of drug-likeness (QED) is 0.195. The molecule has 191 valence electrons. The van der Waals surface area contributed by atoms with Gasteiger partial charge in [-0.05, 0) is 25.1 Å². The molecule has 1 N–H and O–H groups in total. The van der Waals surface area contributed by atoms with E-state index in [2.05, 4.69) is 5.10 Å². The van der Waals surface area contributed by atoms with E-state index in [9.17, 15) is 53.8 Å². The van der Waals surface area contributed by atoms with Gasteiger partial charge in [-0.2, -0.15) is 41.4 Å². The van der Waals surface area contributed by atoms with E-state index in [-0.39, 0.29) is 39.9 Å². The molecule has 0 atom stereocenters. The molecular formula is C20H7F10MnN3O2. The second-order valence-electron chi connectivity index (χ2n) is 6.91. The van der Waals surface area contributed by atoms with Crippen molar-refractivity contribution in [3.63, 3.8) is 0 Å². The molecule has 16 heteroatoms. The van der Waals surface area contributed by atoms with Gasteiger partial charge >= 0.3 is 12.4 Å². The Morgan fingerprint density at radius 3 is 1.75 bits per heavy atom. The molecular weight excluding hydrogens is 559 g/mol. The first kappa shape index (κ1) is 28.7. The second-order valence-corrected chi connectivity index (χ2v) is 6.91. The van der Waals surface area contributed by atoms with Crippen LogP contribution in [0.3, 0.4) is 0 Å². The van der Waals surface area contributed by atoms with Gasteiger partial charge in [0.15, 0.2) is 29.1 Å². The summed E-state index contributed by atoms with van der Waals surface area (Å²) in [6.07, 6.45) is -10.6. The fraction of sp³-hybridized carbons (Fsp3) is 0.150. The Hall–Kier alpha value is -3.57. The number of carbonyl (C=O) groups is 1. The molecule has 0 spiro atoms. The third-order valence-electron chi connectivity index (χ3n) is 4.68. The number of carbonyl (C=O) groups excluding carboxylic acids is 1. The maximum atomic E-state index is 14.3. The van der Waals surface area contributed by atoms with Gasteiger partial charge in [-0.3, -0.25) is 4.79 Å². The van der Waals surface area contributed by atoms with Crippen LogP contribution in [-0.4, -0.2) is 20.7 Å². The van der Waals surface area contributed by atoms with Crippen LogP contribution < -0.4 is 0 Å². The number of aryl methyl sites for hydroxylation is 1. The topological polar surface area (TPSA) is 78.9 Å². The van der Waals surface area contributed by atoms with Crippen LogP contribution in [0.15, 0.2) is 18.2 Å². The van der Waals surface area contributed by atoms with Crippen LogP contribution >= 0.6 is 0 Å². The summed E-state index contributed by atoms with van der Waals surface area (Å²) in [5, 5.41) is 22.3. The van der Waals surface area contributed by atoms with Crippen LogP contribution in [-0.2, 0) is 29.4 Å². The molecule has 0 amide bonds. The molecule has 0 fully saturated rings. The van der Waals surface area contributed by atoms with Crippen LogP contribution in [0, 0.1) is 41.5 Å². The van der Waals surface area contributed by atoms with Crippen molar-refractivity contribution in [2.45, 2.75) is 19.3 Å². The number of nitriles is 1. The number of nitrogens with zero attached hydrogens (tertiary/aromatic N) is 3. The van der Waals surface area contributed by atoms with Crippen molar-refractivity contribution >= 4 is 5.78 Å². The summed E-state index contributed by atoms with van der Waals surface area (Å²) < 4.78 is 135. The van der Waals surface area contributed by atoms with Crippen LogP contribution in [0.4, 0.5) is 43.9 Å². The molecule has 2 aromatic carbocycles. The van der Waals surface area contributed by atoms with E-state index < -0.39 is 86.5 Å². The van der Waals surface area contributed by atoms with Crippen molar-refractivity contribution in [3.8, 4) is 17.6 Å². The molecule has 1 aromatic heterocycles. The van der Waals surface area contributed by atoms with Crippen molar-refractivity contribution in [1.82, 2.24) is 9.78 Å². The van der Waals surface area contributed by atoms with Gasteiger partial charge in [0.1, 0.15) is 22.9 Å². The van der Waals surface area contributed by atoms with Gasteiger partial charge in [0, 0.05) is 22.6 Å². The molecule has 5 nitrogen and oxygen atoms in total. The predicted molar refractivity (Wildman–Crippen MR) is 94.4 cm³/mol. The molecule has 0 aliphatic heterocycles. The van der Waals surface area contributed by atoms with E-state index in [1.165, 1.54) is 0 Å². The fourth-order valence-electron chi connectivity index (χ4n) is 3.07. The monoisotopic (exact) mass is 566 g/mol. The van der Waals surface area contributed by atoms with Gasteiger partial charge in [0.25, 0.3) is 0 Å². The summed E-state index contributed by atoms with van der Waals surface area (Å²) in [5.74, 6) is -12.1. The van der Waals surface area contributed by atoms with E-state index in [4.69, 9.17) is 5.26 Å². The first-order valence-electron chi connectivity index (χ1n) is 8.89. The zero-order chi connectivity index (χ0) is 26.6. The minimum atomic E-state index is -5.32. The molecule has 0 aliphatic rings. The van der Waals surface area contributed by atoms with E-state index in [0.29, 0.717) is 0 Å². The third-order valence-corrected chi connectivity index (χ3v) is 4.68. The number of aromatic nitrogens is 2. The van der Waals surface area contributed by atoms with Crippen molar-refractivity contribution in [2.24, 2.45) is 0 Å². The van der Waals surface area contributed by atoms with Crippen molar-refractivity contribution < 1.29 is 70.9 Å². The molecule has 0 saturated carbocycles. The molecule has 1 heterocycles. The maximum Gasteiger partial charge on any atom is 0.416 e. The number of hydrogen-bond donors (Lipinski definition) is 1. The molecule has 0 aliphatic carbocycles. The van der Waals surface area contributed by atoms with Crippen LogP contribution in [0.5, 0.6) is 5.88 Å². The van der Waals surface area contributed by atoms with Gasteiger partial charge < -0.3 is 5.11 Å². The first-order chi connectivity index (χ1) is 16.0. The average Bonchev–Trinajstić information content (AvgIpc) is 3.04. The summed E-state index contributed by atoms with van der Waals surface area (Å²) in [6.45, 7) is 0.869. The Labute approximate surface area is 204 Å². The summed E-state index contributed by atoms with van der Waals surface area (Å²) in [4.78, 5) is 12.8. The average molecular weight is 566 g/mol. The summed E-state index contributed by atoms with van der Waals surface area (Å²) in [5.41, 5.74) is -10.2. The van der Waals surface area contributed by atoms with Crippen molar-refractivity contribution in [2.75, 3.05) is 0 Å². The normalized spacial score (nSPS) is 11.7. The van der Waals surface area contributed by atoms with E-state index >= 15 is 0 Å². The number of rotatable bonds is 3. The van der Waals surface area contributed by atoms with Crippen LogP contribution in [0.25, 0.3) is 5.69 Å². The number of benzene rings is 2. The van der Waals surface area contributed by atoms with Crippen molar-refractivity contribution in [1.29, 1.82) is 5.26 Å². The SMILES string of the molecule is Cc1nn(-c2c(F)c(F)c(C#N)c(F)c2F)c(O)c1C(=O)c1cc(C(F)(F)F)cc(C(F)(F)F)c1.[Mn]. The van der Waals surface area contributed by atoms with Gasteiger partial charge in [-0.15, -0.1) is 0 Å². The Morgan fingerprint density at radius 2 is 1.36 bits per heavy atom. The standard InChI is InChI=1S/C20H7F10N3O2.Mn/c1-6-11(17(34)7-2-8(19(25,26)27)4-9(3-7)20(28,29)30)18(35)33(32-6)16-14(23)12(21)10(5-31)13(22)15(16)24;/h2-4,35H,1H3;. The molecule has 3 aromatic rings. The first-order valence-corrected chi connectivity index (χ1v) is 8.89. The van der Waals surface area contributed by atoms with Gasteiger partial charge in [0.2, 0.25) is 5.88 Å². The molecule has 0 unspecified atom stereocenters. The van der Waals surface area contributed by atoms with E-state index in [1.807, 2.05) is 0 Å². The molecule has 1 radical (unpaired) electrons. The third kappa shape index (κ3) is 4.76. The molecule has 3 rings (SSSR count). The number of aromatic hydroxyl groups is 1. The zero-order valence-electron chi connectivity index (χ0n) is 17.1. The molecule has 0 saturated heterocycles. The van der Waals surface area contributed by atoms with E-state index in [1.54, 1.807) is 0 Å². The smallest absolute Gasteiger partial charge is 0.416 e. The van der Waals surface area contributed by atoms with Gasteiger partial charge in [-0.25, -0.2) is 17.6 Å². The summed E-state index contributed by atoms with van der Waals surface area (Å²) >= 11 is 0. The minimum Gasteiger partial charge on any atom is -0.493 e. The maximum absolute atomic E-state index is 14.3. The second kappa shape index (κ2) is 9.47. The Balaban J connectivity index is 0.00000456. The Bertz CT molecular complexity index is 1360. The van der Waals surface area contributed by atoms with E-state index in [0.717, 1.165) is 13.0 Å². The van der Waals surface area contributed by atoms with Gasteiger partial charge in [-0.1, -0.05) is 0 Å². The number of hydrogen-bond acceptors (Lipinski definition) is 4. The van der Waals surface area contributed by atoms with Crippen LogP contribution in [0.1, 0.15) is 38.3 Å². The largest absolute Gasteiger partial charge is 0.493 e. The van der Waals surface area contributed by atoms with Gasteiger partial charge in [0.05, 0.1) is 16.8 Å². The predicted octanol–water partition coefficient (Wildman–Crippen LogP) is 5.58. The molecule has 36 heavy (non-hydrogen) atoms. The summed E-state index contributed by atoms with van der Waals surface area (Å²) in [6, 6.07) is 0.681. The zero-order valence-corrected chi connectivity index (χ0v) is 18.3. The number of alkyl halides is 6. The number of ketones is 1.